The lowest BCUT2D eigenvalue weighted by molar-refractivity contribution is 0.520. The Balaban J connectivity index is 2.78. The zero-order valence-electron chi connectivity index (χ0n) is 9.40. The number of halogens is 2. The van der Waals surface area contributed by atoms with Crippen LogP contribution in [0.4, 0.5) is 0 Å². The van der Waals surface area contributed by atoms with E-state index in [1.807, 2.05) is 18.2 Å². The van der Waals surface area contributed by atoms with E-state index < -0.39 is 9.04 Å². The van der Waals surface area contributed by atoms with E-state index in [0.717, 1.165) is 10.2 Å². The molecule has 0 aliphatic rings. The fourth-order valence-corrected chi connectivity index (χ4v) is 2.13. The zero-order chi connectivity index (χ0) is 11.6. The molecule has 0 atom stereocenters. The van der Waals surface area contributed by atoms with Gasteiger partial charge in [0.1, 0.15) is 5.75 Å². The van der Waals surface area contributed by atoms with Crippen LogP contribution in [-0.4, -0.2) is 9.04 Å². The quantitative estimate of drug-likeness (QED) is 0.706. The van der Waals surface area contributed by atoms with Crippen molar-refractivity contribution in [3.8, 4) is 5.75 Å². The summed E-state index contributed by atoms with van der Waals surface area (Å²) < 4.78 is 6.81. The normalized spacial score (nSPS) is 11.9. The van der Waals surface area contributed by atoms with Crippen molar-refractivity contribution in [1.82, 2.24) is 0 Å². The predicted octanol–water partition coefficient (Wildman–Crippen LogP) is 4.90. The minimum atomic E-state index is -0.851. The van der Waals surface area contributed by atoms with E-state index in [0.29, 0.717) is 5.02 Å². The highest BCUT2D eigenvalue weighted by atomic mass is 79.9. The molecule has 0 bridgehead atoms. The van der Waals surface area contributed by atoms with Crippen LogP contribution in [0.25, 0.3) is 0 Å². The van der Waals surface area contributed by atoms with Gasteiger partial charge >= 0.3 is 0 Å². The van der Waals surface area contributed by atoms with Crippen molar-refractivity contribution in [1.29, 1.82) is 0 Å². The second-order valence-electron chi connectivity index (χ2n) is 4.48. The number of hydrogen-bond donors (Lipinski definition) is 0. The largest absolute Gasteiger partial charge is 0.542 e. The fourth-order valence-electron chi connectivity index (χ4n) is 0.870. The molecule has 15 heavy (non-hydrogen) atoms. The summed E-state index contributed by atoms with van der Waals surface area (Å²) in [7, 11) is -0.851. The highest BCUT2D eigenvalue weighted by Gasteiger charge is 2.26. The average molecular weight is 307 g/mol. The van der Waals surface area contributed by atoms with Crippen molar-refractivity contribution < 1.29 is 4.43 Å². The molecule has 0 saturated carbocycles. The summed E-state index contributed by atoms with van der Waals surface area (Å²) in [6, 6.07) is 5.67. The third-order valence-electron chi connectivity index (χ3n) is 2.22. The van der Waals surface area contributed by atoms with Gasteiger partial charge in [-0.1, -0.05) is 32.4 Å². The van der Waals surface area contributed by atoms with Crippen molar-refractivity contribution in [2.24, 2.45) is 0 Å². The number of hydrogen-bond acceptors (Lipinski definition) is 1. The van der Waals surface area contributed by atoms with Crippen LogP contribution in [0.1, 0.15) is 20.8 Å². The van der Waals surface area contributed by atoms with Gasteiger partial charge in [-0.05, 0) is 45.7 Å². The van der Waals surface area contributed by atoms with Gasteiger partial charge in [0, 0.05) is 4.47 Å². The van der Waals surface area contributed by atoms with E-state index in [1.54, 1.807) is 0 Å². The SMILES string of the molecule is C[Si](Oc1ccc(Cl)c(Br)c1)C(C)(C)C. The zero-order valence-corrected chi connectivity index (χ0v) is 12.7. The van der Waals surface area contributed by atoms with E-state index in [2.05, 4.69) is 43.2 Å². The lowest BCUT2D eigenvalue weighted by atomic mass is 10.3. The second-order valence-corrected chi connectivity index (χ2v) is 8.56. The minimum absolute atomic E-state index is 0.233. The maximum Gasteiger partial charge on any atom is 0.283 e. The molecule has 0 unspecified atom stereocenters. The van der Waals surface area contributed by atoms with Crippen molar-refractivity contribution in [2.75, 3.05) is 0 Å². The average Bonchev–Trinajstić information content (AvgIpc) is 2.10. The van der Waals surface area contributed by atoms with Crippen molar-refractivity contribution in [3.63, 3.8) is 0 Å². The Labute approximate surface area is 107 Å². The van der Waals surface area contributed by atoms with Gasteiger partial charge < -0.3 is 4.43 Å². The van der Waals surface area contributed by atoms with Crippen LogP contribution in [0.2, 0.25) is 16.6 Å². The van der Waals surface area contributed by atoms with Crippen molar-refractivity contribution in [2.45, 2.75) is 32.4 Å². The van der Waals surface area contributed by atoms with Gasteiger partial charge in [0.05, 0.1) is 5.02 Å². The maximum absolute atomic E-state index is 5.93. The minimum Gasteiger partial charge on any atom is -0.542 e. The van der Waals surface area contributed by atoms with E-state index in [-0.39, 0.29) is 5.04 Å². The van der Waals surface area contributed by atoms with Crippen LogP contribution < -0.4 is 4.43 Å². The molecular formula is C11H15BrClOSi. The molecule has 1 aromatic rings. The van der Waals surface area contributed by atoms with Gasteiger partial charge in [-0.15, -0.1) is 0 Å². The molecule has 0 heterocycles. The Morgan fingerprint density at radius 3 is 2.40 bits per heavy atom. The Kier molecular flexibility index (Phi) is 4.26. The molecule has 1 aromatic carbocycles. The predicted molar refractivity (Wildman–Crippen MR) is 71.1 cm³/mol. The van der Waals surface area contributed by atoms with Gasteiger partial charge in [-0.2, -0.15) is 0 Å². The molecule has 0 aliphatic heterocycles. The summed E-state index contributed by atoms with van der Waals surface area (Å²) in [5.74, 6) is 0.887. The molecule has 0 amide bonds. The molecular weight excluding hydrogens is 292 g/mol. The molecule has 1 rings (SSSR count). The molecule has 0 saturated heterocycles. The van der Waals surface area contributed by atoms with Crippen molar-refractivity contribution in [3.05, 3.63) is 27.7 Å². The number of rotatable bonds is 2. The number of benzene rings is 1. The third-order valence-corrected chi connectivity index (χ3v) is 6.09. The second kappa shape index (κ2) is 4.89. The first-order chi connectivity index (χ1) is 6.80. The first-order valence-corrected chi connectivity index (χ1v) is 7.85. The molecule has 1 radical (unpaired) electrons. The molecule has 83 valence electrons. The van der Waals surface area contributed by atoms with Gasteiger partial charge in [0.15, 0.2) is 0 Å². The highest BCUT2D eigenvalue weighted by molar-refractivity contribution is 9.10. The van der Waals surface area contributed by atoms with Crippen LogP contribution in [0.5, 0.6) is 5.75 Å². The Bertz CT molecular complexity index is 349. The van der Waals surface area contributed by atoms with E-state index in [9.17, 15) is 0 Å². The molecule has 0 aliphatic carbocycles. The monoisotopic (exact) mass is 305 g/mol. The summed E-state index contributed by atoms with van der Waals surface area (Å²) in [5.41, 5.74) is 0. The van der Waals surface area contributed by atoms with Crippen LogP contribution in [0.15, 0.2) is 22.7 Å². The summed E-state index contributed by atoms with van der Waals surface area (Å²) in [5, 5.41) is 0.944. The Morgan fingerprint density at radius 1 is 1.33 bits per heavy atom. The Hall–Kier alpha value is 0.00688. The van der Waals surface area contributed by atoms with E-state index >= 15 is 0 Å². The summed E-state index contributed by atoms with van der Waals surface area (Å²) in [4.78, 5) is 0. The first kappa shape index (κ1) is 13.1. The topological polar surface area (TPSA) is 9.23 Å². The van der Waals surface area contributed by atoms with Gasteiger partial charge in [0.25, 0.3) is 9.04 Å². The summed E-state index contributed by atoms with van der Waals surface area (Å²) in [6.07, 6.45) is 0. The lowest BCUT2D eigenvalue weighted by Gasteiger charge is -2.25. The smallest absolute Gasteiger partial charge is 0.283 e. The molecule has 0 spiro atoms. The summed E-state index contributed by atoms with van der Waals surface area (Å²) >= 11 is 9.30. The standard InChI is InChI=1S/C11H15BrClOSi/c1-11(2,3)15(4)14-8-5-6-10(13)9(12)7-8/h5-7H,1-4H3. The van der Waals surface area contributed by atoms with Crippen LogP contribution in [0.3, 0.4) is 0 Å². The van der Waals surface area contributed by atoms with Crippen molar-refractivity contribution >= 4 is 36.6 Å². The molecule has 0 aromatic heterocycles. The first-order valence-electron chi connectivity index (χ1n) is 4.77. The van der Waals surface area contributed by atoms with Crippen LogP contribution in [0, 0.1) is 0 Å². The lowest BCUT2D eigenvalue weighted by Crippen LogP contribution is -2.28. The third kappa shape index (κ3) is 3.81. The maximum atomic E-state index is 5.93. The van der Waals surface area contributed by atoms with Crippen LogP contribution >= 0.6 is 27.5 Å². The van der Waals surface area contributed by atoms with Gasteiger partial charge in [-0.25, -0.2) is 0 Å². The summed E-state index contributed by atoms with van der Waals surface area (Å²) in [6.45, 7) is 8.78. The Morgan fingerprint density at radius 2 is 1.93 bits per heavy atom. The molecule has 1 nitrogen and oxygen atoms in total. The van der Waals surface area contributed by atoms with E-state index in [4.69, 9.17) is 16.0 Å². The fraction of sp³-hybridized carbons (Fsp3) is 0.455. The van der Waals surface area contributed by atoms with E-state index in [1.165, 1.54) is 0 Å². The molecule has 0 fully saturated rings. The van der Waals surface area contributed by atoms with Gasteiger partial charge in [-0.3, -0.25) is 0 Å². The molecule has 0 N–H and O–H groups in total. The molecule has 4 heteroatoms. The van der Waals surface area contributed by atoms with Crippen LogP contribution in [-0.2, 0) is 0 Å². The highest BCUT2D eigenvalue weighted by Crippen LogP contribution is 2.31. The van der Waals surface area contributed by atoms with Gasteiger partial charge in [0.2, 0.25) is 0 Å².